The lowest BCUT2D eigenvalue weighted by atomic mass is 9.98. The van der Waals surface area contributed by atoms with Crippen molar-refractivity contribution in [1.82, 2.24) is 4.90 Å². The average molecular weight is 383 g/mol. The summed E-state index contributed by atoms with van der Waals surface area (Å²) in [6.45, 7) is 0.0719. The molecule has 0 unspecified atom stereocenters. The van der Waals surface area contributed by atoms with Crippen LogP contribution in [0, 0.1) is 0 Å². The Bertz CT molecular complexity index is 864. The lowest BCUT2D eigenvalue weighted by Crippen LogP contribution is -2.43. The van der Waals surface area contributed by atoms with Crippen LogP contribution in [0.25, 0.3) is 11.1 Å². The zero-order chi connectivity index (χ0) is 20.3. The molecule has 146 valence electrons. The molecule has 2 N–H and O–H groups in total. The zero-order valence-electron chi connectivity index (χ0n) is 15.4. The highest BCUT2D eigenvalue weighted by atomic mass is 16.6. The van der Waals surface area contributed by atoms with Gasteiger partial charge in [-0.1, -0.05) is 48.5 Å². The molecule has 0 fully saturated rings. The maximum absolute atomic E-state index is 12.4. The van der Waals surface area contributed by atoms with Crippen molar-refractivity contribution in [2.75, 3.05) is 13.7 Å². The lowest BCUT2D eigenvalue weighted by Gasteiger charge is -2.24. The van der Waals surface area contributed by atoms with Gasteiger partial charge >= 0.3 is 18.0 Å². The predicted molar refractivity (Wildman–Crippen MR) is 101 cm³/mol. The van der Waals surface area contributed by atoms with E-state index < -0.39 is 24.1 Å². The molecular formula is C21H21NO6. The molecule has 1 aliphatic rings. The van der Waals surface area contributed by atoms with Gasteiger partial charge in [0.1, 0.15) is 12.6 Å². The minimum absolute atomic E-state index is 0.0719. The van der Waals surface area contributed by atoms with Crippen molar-refractivity contribution in [3.05, 3.63) is 59.7 Å². The Kier molecular flexibility index (Phi) is 5.63. The fraction of sp³-hybridized carbons (Fsp3) is 0.286. The van der Waals surface area contributed by atoms with E-state index >= 15 is 0 Å². The molecule has 28 heavy (non-hydrogen) atoms. The molecule has 0 aliphatic heterocycles. The monoisotopic (exact) mass is 383 g/mol. The molecule has 7 heteroatoms. The molecule has 2 aromatic rings. The number of amides is 1. The molecule has 0 heterocycles. The summed E-state index contributed by atoms with van der Waals surface area (Å²) in [6, 6.07) is 14.5. The minimum atomic E-state index is -1.27. The summed E-state index contributed by atoms with van der Waals surface area (Å²) < 4.78 is 5.42. The number of hydrogen-bond acceptors (Lipinski definition) is 4. The number of ether oxygens (including phenoxy) is 1. The fourth-order valence-corrected chi connectivity index (χ4v) is 3.57. The van der Waals surface area contributed by atoms with Crippen molar-refractivity contribution in [3.8, 4) is 11.1 Å². The summed E-state index contributed by atoms with van der Waals surface area (Å²) in [5.41, 5.74) is 4.30. The minimum Gasteiger partial charge on any atom is -0.481 e. The SMILES string of the molecule is CN(C(=O)OCC1c2ccccc2-c2ccccc21)[C@@H](CCC(=O)O)C(=O)O. The number of nitrogens with zero attached hydrogens (tertiary/aromatic N) is 1. The Hall–Kier alpha value is -3.35. The van der Waals surface area contributed by atoms with Gasteiger partial charge in [0.15, 0.2) is 0 Å². The first-order valence-electron chi connectivity index (χ1n) is 8.92. The van der Waals surface area contributed by atoms with E-state index in [0.29, 0.717) is 0 Å². The largest absolute Gasteiger partial charge is 0.481 e. The van der Waals surface area contributed by atoms with E-state index in [1.54, 1.807) is 0 Å². The van der Waals surface area contributed by atoms with Gasteiger partial charge < -0.3 is 14.9 Å². The fourth-order valence-electron chi connectivity index (χ4n) is 3.57. The predicted octanol–water partition coefficient (Wildman–Crippen LogP) is 3.19. The third-order valence-corrected chi connectivity index (χ3v) is 5.01. The van der Waals surface area contributed by atoms with Crippen molar-refractivity contribution in [1.29, 1.82) is 0 Å². The van der Waals surface area contributed by atoms with Gasteiger partial charge in [0.2, 0.25) is 0 Å². The number of hydrogen-bond donors (Lipinski definition) is 2. The third-order valence-electron chi connectivity index (χ3n) is 5.01. The van der Waals surface area contributed by atoms with Crippen LogP contribution in [0.1, 0.15) is 29.9 Å². The Labute approximate surface area is 162 Å². The molecule has 0 bridgehead atoms. The topological polar surface area (TPSA) is 104 Å². The van der Waals surface area contributed by atoms with E-state index in [9.17, 15) is 19.5 Å². The van der Waals surface area contributed by atoms with E-state index in [-0.39, 0.29) is 25.4 Å². The molecule has 1 atom stereocenters. The molecule has 1 amide bonds. The second-order valence-corrected chi connectivity index (χ2v) is 6.70. The van der Waals surface area contributed by atoms with Crippen LogP contribution in [0.3, 0.4) is 0 Å². The number of benzene rings is 2. The van der Waals surface area contributed by atoms with Crippen molar-refractivity contribution in [3.63, 3.8) is 0 Å². The number of rotatable bonds is 7. The quantitative estimate of drug-likeness (QED) is 0.761. The Morgan fingerprint density at radius 2 is 1.54 bits per heavy atom. The highest BCUT2D eigenvalue weighted by molar-refractivity contribution is 5.81. The van der Waals surface area contributed by atoms with E-state index in [1.165, 1.54) is 7.05 Å². The number of aliphatic carboxylic acids is 2. The third kappa shape index (κ3) is 3.83. The number of fused-ring (bicyclic) bond motifs is 3. The summed E-state index contributed by atoms with van der Waals surface area (Å²) in [4.78, 5) is 35.5. The summed E-state index contributed by atoms with van der Waals surface area (Å²) in [7, 11) is 1.31. The Balaban J connectivity index is 1.72. The van der Waals surface area contributed by atoms with Crippen LogP contribution in [-0.2, 0) is 14.3 Å². The summed E-state index contributed by atoms with van der Waals surface area (Å²) in [5, 5.41) is 18.1. The Morgan fingerprint density at radius 3 is 2.04 bits per heavy atom. The molecule has 0 aromatic heterocycles. The maximum atomic E-state index is 12.4. The first-order chi connectivity index (χ1) is 13.4. The number of likely N-dealkylation sites (N-methyl/N-ethyl adjacent to an activating group) is 1. The standard InChI is InChI=1S/C21H21NO6/c1-22(18(20(25)26)10-11-19(23)24)21(27)28-12-17-15-8-4-2-6-13(15)14-7-3-5-9-16(14)17/h2-9,17-18H,10-12H2,1H3,(H,23,24)(H,25,26)/t18-/m0/s1. The van der Waals surface area contributed by atoms with Crippen molar-refractivity contribution >= 4 is 18.0 Å². The van der Waals surface area contributed by atoms with Gasteiger partial charge in [0.25, 0.3) is 0 Å². The second kappa shape index (κ2) is 8.12. The molecule has 0 radical (unpaired) electrons. The van der Waals surface area contributed by atoms with Gasteiger partial charge in [-0.3, -0.25) is 9.69 Å². The number of carboxylic acid groups (broad SMARTS) is 2. The summed E-state index contributed by atoms with van der Waals surface area (Å²) in [5.74, 6) is -2.52. The van der Waals surface area contributed by atoms with E-state index in [4.69, 9.17) is 9.84 Å². The molecule has 2 aromatic carbocycles. The van der Waals surface area contributed by atoms with Crippen LogP contribution < -0.4 is 0 Å². The van der Waals surface area contributed by atoms with Gasteiger partial charge in [0.05, 0.1) is 0 Å². The molecule has 7 nitrogen and oxygen atoms in total. The van der Waals surface area contributed by atoms with E-state index in [1.807, 2.05) is 48.5 Å². The molecule has 1 aliphatic carbocycles. The first-order valence-corrected chi connectivity index (χ1v) is 8.92. The van der Waals surface area contributed by atoms with Gasteiger partial charge in [-0.25, -0.2) is 9.59 Å². The second-order valence-electron chi connectivity index (χ2n) is 6.70. The van der Waals surface area contributed by atoms with Crippen molar-refractivity contribution in [2.45, 2.75) is 24.8 Å². The number of carbonyl (C=O) groups is 3. The number of carboxylic acids is 2. The lowest BCUT2D eigenvalue weighted by molar-refractivity contribution is -0.143. The molecule has 0 saturated heterocycles. The number of carbonyl (C=O) groups excluding carboxylic acids is 1. The first kappa shape index (κ1) is 19.4. The van der Waals surface area contributed by atoms with Gasteiger partial charge in [-0.15, -0.1) is 0 Å². The molecule has 3 rings (SSSR count). The zero-order valence-corrected chi connectivity index (χ0v) is 15.4. The summed E-state index contributed by atoms with van der Waals surface area (Å²) >= 11 is 0. The molecule has 0 saturated carbocycles. The van der Waals surface area contributed by atoms with Gasteiger partial charge in [0, 0.05) is 19.4 Å². The van der Waals surface area contributed by atoms with Crippen molar-refractivity contribution < 1.29 is 29.3 Å². The summed E-state index contributed by atoms with van der Waals surface area (Å²) in [6.07, 6.45) is -1.33. The van der Waals surface area contributed by atoms with Crippen LogP contribution in [0.5, 0.6) is 0 Å². The maximum Gasteiger partial charge on any atom is 0.410 e. The van der Waals surface area contributed by atoms with Crippen LogP contribution in [0.4, 0.5) is 4.79 Å². The smallest absolute Gasteiger partial charge is 0.410 e. The van der Waals surface area contributed by atoms with E-state index in [0.717, 1.165) is 27.2 Å². The van der Waals surface area contributed by atoms with Gasteiger partial charge in [-0.05, 0) is 28.7 Å². The van der Waals surface area contributed by atoms with Crippen LogP contribution >= 0.6 is 0 Å². The van der Waals surface area contributed by atoms with Crippen molar-refractivity contribution in [2.24, 2.45) is 0 Å². The van der Waals surface area contributed by atoms with Gasteiger partial charge in [-0.2, -0.15) is 0 Å². The average Bonchev–Trinajstić information content (AvgIpc) is 2.99. The normalized spacial score (nSPS) is 13.3. The Morgan fingerprint density at radius 1 is 1.00 bits per heavy atom. The van der Waals surface area contributed by atoms with Crippen LogP contribution in [0.2, 0.25) is 0 Å². The van der Waals surface area contributed by atoms with Crippen LogP contribution in [0.15, 0.2) is 48.5 Å². The molecular weight excluding hydrogens is 362 g/mol. The molecule has 0 spiro atoms. The highest BCUT2D eigenvalue weighted by Crippen LogP contribution is 2.44. The highest BCUT2D eigenvalue weighted by Gasteiger charge is 2.32. The van der Waals surface area contributed by atoms with E-state index in [2.05, 4.69) is 0 Å². The van der Waals surface area contributed by atoms with Crippen LogP contribution in [-0.4, -0.2) is 52.8 Å².